The van der Waals surface area contributed by atoms with Crippen LogP contribution in [0.3, 0.4) is 0 Å². The Bertz CT molecular complexity index is 675. The SMILES string of the molecule is CCc1ccc(-c2nc(SCC(=O)N3CCCCCCC3)n[nH]2)cc1. The molecule has 0 radical (unpaired) electrons. The van der Waals surface area contributed by atoms with E-state index < -0.39 is 0 Å². The van der Waals surface area contributed by atoms with E-state index in [2.05, 4.69) is 46.4 Å². The zero-order valence-corrected chi connectivity index (χ0v) is 15.6. The van der Waals surface area contributed by atoms with E-state index in [0.717, 1.165) is 43.7 Å². The Morgan fingerprint density at radius 2 is 1.80 bits per heavy atom. The summed E-state index contributed by atoms with van der Waals surface area (Å²) in [4.78, 5) is 18.9. The predicted octanol–water partition coefficient (Wildman–Crippen LogP) is 3.92. The topological polar surface area (TPSA) is 61.9 Å². The van der Waals surface area contributed by atoms with E-state index in [9.17, 15) is 4.79 Å². The van der Waals surface area contributed by atoms with Crippen LogP contribution in [0.1, 0.15) is 44.6 Å². The second-order valence-corrected chi connectivity index (χ2v) is 7.40. The Kier molecular flexibility index (Phi) is 6.50. The number of H-pyrrole nitrogens is 1. The van der Waals surface area contributed by atoms with E-state index in [-0.39, 0.29) is 5.91 Å². The molecule has 0 bridgehead atoms. The molecule has 1 aliphatic heterocycles. The third-order valence-corrected chi connectivity index (χ3v) is 5.47. The minimum atomic E-state index is 0.200. The first-order valence-electron chi connectivity index (χ1n) is 9.18. The van der Waals surface area contributed by atoms with Crippen LogP contribution in [0.5, 0.6) is 0 Å². The molecule has 6 heteroatoms. The Balaban J connectivity index is 1.54. The van der Waals surface area contributed by atoms with Gasteiger partial charge < -0.3 is 4.90 Å². The summed E-state index contributed by atoms with van der Waals surface area (Å²) in [5.74, 6) is 1.36. The smallest absolute Gasteiger partial charge is 0.233 e. The lowest BCUT2D eigenvalue weighted by Crippen LogP contribution is -2.35. The fraction of sp³-hybridized carbons (Fsp3) is 0.526. The van der Waals surface area contributed by atoms with Gasteiger partial charge in [-0.3, -0.25) is 9.89 Å². The molecule has 1 fully saturated rings. The Hall–Kier alpha value is -1.82. The largest absolute Gasteiger partial charge is 0.342 e. The van der Waals surface area contributed by atoms with E-state index >= 15 is 0 Å². The maximum Gasteiger partial charge on any atom is 0.233 e. The van der Waals surface area contributed by atoms with Crippen molar-refractivity contribution in [2.24, 2.45) is 0 Å². The highest BCUT2D eigenvalue weighted by Gasteiger charge is 2.16. The summed E-state index contributed by atoms with van der Waals surface area (Å²) in [5, 5.41) is 7.85. The van der Waals surface area contributed by atoms with Crippen LogP contribution < -0.4 is 0 Å². The van der Waals surface area contributed by atoms with Crippen LogP contribution in [0.15, 0.2) is 29.4 Å². The molecule has 0 spiro atoms. The van der Waals surface area contributed by atoms with Crippen molar-refractivity contribution in [3.05, 3.63) is 29.8 Å². The van der Waals surface area contributed by atoms with Gasteiger partial charge in [-0.2, -0.15) is 0 Å². The van der Waals surface area contributed by atoms with Gasteiger partial charge in [0.15, 0.2) is 5.82 Å². The number of hydrogen-bond donors (Lipinski definition) is 1. The summed E-state index contributed by atoms with van der Waals surface area (Å²) in [6.07, 6.45) is 7.03. The van der Waals surface area contributed by atoms with Gasteiger partial charge in [0.05, 0.1) is 5.75 Å². The number of aromatic amines is 1. The summed E-state index contributed by atoms with van der Waals surface area (Å²) in [6.45, 7) is 3.92. The molecule has 1 aromatic carbocycles. The lowest BCUT2D eigenvalue weighted by atomic mass is 10.1. The zero-order valence-electron chi connectivity index (χ0n) is 14.8. The molecule has 134 valence electrons. The average Bonchev–Trinajstić information content (AvgIpc) is 3.08. The Morgan fingerprint density at radius 3 is 2.48 bits per heavy atom. The summed E-state index contributed by atoms with van der Waals surface area (Å²) in [5.41, 5.74) is 2.32. The average molecular weight is 359 g/mol. The summed E-state index contributed by atoms with van der Waals surface area (Å²) >= 11 is 1.41. The van der Waals surface area contributed by atoms with Crippen molar-refractivity contribution in [3.8, 4) is 11.4 Å². The first-order chi connectivity index (χ1) is 12.3. The van der Waals surface area contributed by atoms with Gasteiger partial charge in [0.2, 0.25) is 11.1 Å². The Morgan fingerprint density at radius 1 is 1.12 bits per heavy atom. The predicted molar refractivity (Wildman–Crippen MR) is 102 cm³/mol. The van der Waals surface area contributed by atoms with Gasteiger partial charge in [-0.25, -0.2) is 4.98 Å². The molecule has 0 atom stereocenters. The molecule has 0 saturated carbocycles. The number of carbonyl (C=O) groups is 1. The molecule has 1 aliphatic rings. The third-order valence-electron chi connectivity index (χ3n) is 4.63. The molecular formula is C19H26N4OS. The van der Waals surface area contributed by atoms with E-state index in [0.29, 0.717) is 10.9 Å². The molecule has 1 N–H and O–H groups in total. The first kappa shape index (κ1) is 18.0. The monoisotopic (exact) mass is 358 g/mol. The van der Waals surface area contributed by atoms with Crippen LogP contribution >= 0.6 is 11.8 Å². The van der Waals surface area contributed by atoms with Crippen LogP contribution in [-0.4, -0.2) is 44.8 Å². The lowest BCUT2D eigenvalue weighted by Gasteiger charge is -2.24. The van der Waals surface area contributed by atoms with Gasteiger partial charge in [-0.1, -0.05) is 62.2 Å². The van der Waals surface area contributed by atoms with Gasteiger partial charge in [-0.05, 0) is 24.8 Å². The Labute approximate surface area is 153 Å². The highest BCUT2D eigenvalue weighted by atomic mass is 32.2. The summed E-state index contributed by atoms with van der Waals surface area (Å²) in [6, 6.07) is 8.32. The van der Waals surface area contributed by atoms with Crippen molar-refractivity contribution in [2.75, 3.05) is 18.8 Å². The second kappa shape index (κ2) is 9.04. The summed E-state index contributed by atoms with van der Waals surface area (Å²) < 4.78 is 0. The molecule has 0 unspecified atom stereocenters. The number of thioether (sulfide) groups is 1. The fourth-order valence-electron chi connectivity index (χ4n) is 3.05. The third kappa shape index (κ3) is 5.08. The molecule has 2 heterocycles. The van der Waals surface area contributed by atoms with Gasteiger partial charge in [-0.15, -0.1) is 5.10 Å². The molecule has 0 aliphatic carbocycles. The molecule has 5 nitrogen and oxygen atoms in total. The van der Waals surface area contributed by atoms with Gasteiger partial charge in [0.1, 0.15) is 0 Å². The number of carbonyl (C=O) groups excluding carboxylic acids is 1. The maximum atomic E-state index is 12.4. The van der Waals surface area contributed by atoms with Crippen LogP contribution in [0.4, 0.5) is 0 Å². The number of hydrogen-bond acceptors (Lipinski definition) is 4. The quantitative estimate of drug-likeness (QED) is 0.823. The first-order valence-corrected chi connectivity index (χ1v) is 10.2. The molecule has 1 aromatic heterocycles. The minimum absolute atomic E-state index is 0.200. The van der Waals surface area contributed by atoms with Crippen molar-refractivity contribution >= 4 is 17.7 Å². The number of amides is 1. The number of likely N-dealkylation sites (tertiary alicyclic amines) is 1. The van der Waals surface area contributed by atoms with Crippen LogP contribution in [0.25, 0.3) is 11.4 Å². The number of rotatable bonds is 5. The van der Waals surface area contributed by atoms with Gasteiger partial charge in [0, 0.05) is 18.7 Å². The van der Waals surface area contributed by atoms with Crippen molar-refractivity contribution in [1.82, 2.24) is 20.1 Å². The maximum absolute atomic E-state index is 12.4. The minimum Gasteiger partial charge on any atom is -0.342 e. The normalized spacial score (nSPS) is 15.6. The highest BCUT2D eigenvalue weighted by molar-refractivity contribution is 7.99. The lowest BCUT2D eigenvalue weighted by molar-refractivity contribution is -0.128. The standard InChI is InChI=1S/C19H26N4OS/c1-2-15-8-10-16(11-9-15)18-20-19(22-21-18)25-14-17(24)23-12-6-4-3-5-7-13-23/h8-11H,2-7,12-14H2,1H3,(H,20,21,22). The fourth-order valence-corrected chi connectivity index (χ4v) is 3.75. The number of nitrogens with zero attached hydrogens (tertiary/aromatic N) is 3. The van der Waals surface area contributed by atoms with Crippen molar-refractivity contribution in [1.29, 1.82) is 0 Å². The van der Waals surface area contributed by atoms with Gasteiger partial charge >= 0.3 is 0 Å². The second-order valence-electron chi connectivity index (χ2n) is 6.45. The number of benzene rings is 1. The van der Waals surface area contributed by atoms with E-state index in [1.807, 2.05) is 4.90 Å². The van der Waals surface area contributed by atoms with E-state index in [1.54, 1.807) is 0 Å². The number of nitrogens with one attached hydrogen (secondary N) is 1. The van der Waals surface area contributed by atoms with Crippen LogP contribution in [0, 0.1) is 0 Å². The van der Waals surface area contributed by atoms with Crippen LogP contribution in [-0.2, 0) is 11.2 Å². The van der Waals surface area contributed by atoms with Crippen LogP contribution in [0.2, 0.25) is 0 Å². The number of aromatic nitrogens is 3. The van der Waals surface area contributed by atoms with E-state index in [1.165, 1.54) is 36.6 Å². The van der Waals surface area contributed by atoms with Crippen molar-refractivity contribution < 1.29 is 4.79 Å². The van der Waals surface area contributed by atoms with Crippen molar-refractivity contribution in [2.45, 2.75) is 50.6 Å². The number of aryl methyl sites for hydroxylation is 1. The van der Waals surface area contributed by atoms with E-state index in [4.69, 9.17) is 0 Å². The molecule has 25 heavy (non-hydrogen) atoms. The zero-order chi connectivity index (χ0) is 17.5. The van der Waals surface area contributed by atoms with Crippen molar-refractivity contribution in [3.63, 3.8) is 0 Å². The highest BCUT2D eigenvalue weighted by Crippen LogP contribution is 2.20. The molecular weight excluding hydrogens is 332 g/mol. The molecule has 3 rings (SSSR count). The molecule has 2 aromatic rings. The molecule has 1 amide bonds. The van der Waals surface area contributed by atoms with Gasteiger partial charge in [0.25, 0.3) is 0 Å². The molecule has 1 saturated heterocycles. The summed E-state index contributed by atoms with van der Waals surface area (Å²) in [7, 11) is 0.